The topological polar surface area (TPSA) is 12.0 Å². The fourth-order valence-corrected chi connectivity index (χ4v) is 4.16. The van der Waals surface area contributed by atoms with E-state index in [1.807, 2.05) is 12.1 Å². The lowest BCUT2D eigenvalue weighted by Crippen LogP contribution is -1.97. The second-order valence-corrected chi connectivity index (χ2v) is 8.39. The van der Waals surface area contributed by atoms with Crippen LogP contribution in [0.4, 0.5) is 5.69 Å². The van der Waals surface area contributed by atoms with Crippen LogP contribution < -0.4 is 5.32 Å². The molecule has 1 N–H and O–H groups in total. The van der Waals surface area contributed by atoms with Crippen molar-refractivity contribution in [3.63, 3.8) is 0 Å². The summed E-state index contributed by atoms with van der Waals surface area (Å²) in [5, 5.41) is 3.40. The summed E-state index contributed by atoms with van der Waals surface area (Å²) in [6.07, 6.45) is 0. The van der Waals surface area contributed by atoms with Crippen molar-refractivity contribution in [1.29, 1.82) is 0 Å². The van der Waals surface area contributed by atoms with Crippen LogP contribution in [0.1, 0.15) is 4.88 Å². The quantitative estimate of drug-likeness (QED) is 0.509. The Bertz CT molecular complexity index is 519. The Hall–Kier alpha value is 0.640. The molecular formula is C11H7Br4NS. The third kappa shape index (κ3) is 3.80. The third-order valence-corrected chi connectivity index (χ3v) is 6.52. The number of hydrogen-bond donors (Lipinski definition) is 1. The summed E-state index contributed by atoms with van der Waals surface area (Å²) in [6.45, 7) is 0.809. The molecule has 2 aromatic rings. The minimum atomic E-state index is 0.809. The molecule has 2 rings (SSSR count). The fraction of sp³-hybridized carbons (Fsp3) is 0.0909. The first-order valence-corrected chi connectivity index (χ1v) is 8.68. The standard InChI is InChI=1S/C11H7Br4NS/c12-6-1-2-8(13)10(3-6)16-5-7-4-9(14)11(15)17-7/h1-4,16H,5H2. The number of halogens is 4. The first-order chi connectivity index (χ1) is 8.06. The maximum atomic E-state index is 3.53. The van der Waals surface area contributed by atoms with Crippen LogP contribution in [0.25, 0.3) is 0 Å². The van der Waals surface area contributed by atoms with Crippen LogP contribution in [0.2, 0.25) is 0 Å². The number of hydrogen-bond acceptors (Lipinski definition) is 2. The molecule has 1 aromatic carbocycles. The molecule has 0 aliphatic rings. The predicted octanol–water partition coefficient (Wildman–Crippen LogP) is 6.41. The Balaban J connectivity index is 2.09. The summed E-state index contributed by atoms with van der Waals surface area (Å²) < 4.78 is 4.36. The van der Waals surface area contributed by atoms with Gasteiger partial charge in [0.2, 0.25) is 0 Å². The van der Waals surface area contributed by atoms with Crippen molar-refractivity contribution in [2.24, 2.45) is 0 Å². The van der Waals surface area contributed by atoms with Crippen molar-refractivity contribution < 1.29 is 0 Å². The molecule has 0 fully saturated rings. The molecule has 0 amide bonds. The summed E-state index contributed by atoms with van der Waals surface area (Å²) in [4.78, 5) is 1.27. The average Bonchev–Trinajstić information content (AvgIpc) is 2.60. The predicted molar refractivity (Wildman–Crippen MR) is 88.9 cm³/mol. The molecule has 0 aliphatic heterocycles. The first kappa shape index (κ1) is 14.1. The van der Waals surface area contributed by atoms with Crippen LogP contribution in [0.15, 0.2) is 41.5 Å². The van der Waals surface area contributed by atoms with Crippen molar-refractivity contribution in [3.8, 4) is 0 Å². The van der Waals surface area contributed by atoms with Gasteiger partial charge in [0.25, 0.3) is 0 Å². The van der Waals surface area contributed by atoms with Gasteiger partial charge in [-0.25, -0.2) is 0 Å². The molecule has 1 nitrogen and oxygen atoms in total. The average molecular weight is 505 g/mol. The molecule has 0 bridgehead atoms. The number of benzene rings is 1. The maximum absolute atomic E-state index is 3.53. The summed E-state index contributed by atoms with van der Waals surface area (Å²) in [7, 11) is 0. The molecule has 0 saturated heterocycles. The van der Waals surface area contributed by atoms with Gasteiger partial charge in [-0.3, -0.25) is 0 Å². The maximum Gasteiger partial charge on any atom is 0.0843 e. The summed E-state index contributed by atoms with van der Waals surface area (Å²) in [5.74, 6) is 0. The Morgan fingerprint density at radius 2 is 1.76 bits per heavy atom. The fourth-order valence-electron chi connectivity index (χ4n) is 1.29. The van der Waals surface area contributed by atoms with Gasteiger partial charge in [-0.15, -0.1) is 11.3 Å². The van der Waals surface area contributed by atoms with Crippen molar-refractivity contribution in [3.05, 3.63) is 46.3 Å². The molecule has 0 radical (unpaired) electrons. The van der Waals surface area contributed by atoms with Gasteiger partial charge in [-0.05, 0) is 72.1 Å². The van der Waals surface area contributed by atoms with Crippen LogP contribution in [0.5, 0.6) is 0 Å². The highest BCUT2D eigenvalue weighted by molar-refractivity contribution is 9.13. The highest BCUT2D eigenvalue weighted by atomic mass is 79.9. The van der Waals surface area contributed by atoms with Crippen molar-refractivity contribution in [2.45, 2.75) is 6.54 Å². The molecule has 90 valence electrons. The second kappa shape index (κ2) is 6.19. The molecule has 0 spiro atoms. The molecule has 1 aromatic heterocycles. The van der Waals surface area contributed by atoms with Crippen LogP contribution in [-0.2, 0) is 6.54 Å². The van der Waals surface area contributed by atoms with Gasteiger partial charge in [0.05, 0.1) is 3.79 Å². The zero-order chi connectivity index (χ0) is 12.4. The molecule has 0 unspecified atom stereocenters. The minimum absolute atomic E-state index is 0.809. The lowest BCUT2D eigenvalue weighted by Gasteiger charge is -2.07. The van der Waals surface area contributed by atoms with Gasteiger partial charge in [0, 0.05) is 30.5 Å². The molecule has 0 atom stereocenters. The van der Waals surface area contributed by atoms with Gasteiger partial charge in [0.1, 0.15) is 0 Å². The number of rotatable bonds is 3. The Kier molecular flexibility index (Phi) is 5.12. The SMILES string of the molecule is Brc1ccc(Br)c(NCc2cc(Br)c(Br)s2)c1. The van der Waals surface area contributed by atoms with Gasteiger partial charge < -0.3 is 5.32 Å². The highest BCUT2D eigenvalue weighted by Crippen LogP contribution is 2.33. The largest absolute Gasteiger partial charge is 0.379 e. The van der Waals surface area contributed by atoms with E-state index in [4.69, 9.17) is 0 Å². The third-order valence-electron chi connectivity index (χ3n) is 2.08. The molecule has 17 heavy (non-hydrogen) atoms. The van der Waals surface area contributed by atoms with E-state index in [1.165, 1.54) is 4.88 Å². The Morgan fingerprint density at radius 3 is 2.41 bits per heavy atom. The van der Waals surface area contributed by atoms with Crippen LogP contribution in [0.3, 0.4) is 0 Å². The smallest absolute Gasteiger partial charge is 0.0843 e. The van der Waals surface area contributed by atoms with Crippen LogP contribution in [0, 0.1) is 0 Å². The zero-order valence-corrected chi connectivity index (χ0v) is 15.6. The Morgan fingerprint density at radius 1 is 1.00 bits per heavy atom. The van der Waals surface area contributed by atoms with Gasteiger partial charge in [-0.2, -0.15) is 0 Å². The second-order valence-electron chi connectivity index (χ2n) is 3.31. The van der Waals surface area contributed by atoms with E-state index in [0.29, 0.717) is 0 Å². The van der Waals surface area contributed by atoms with Crippen molar-refractivity contribution in [1.82, 2.24) is 0 Å². The zero-order valence-electron chi connectivity index (χ0n) is 8.44. The normalized spacial score (nSPS) is 10.6. The number of thiophene rings is 1. The number of nitrogens with one attached hydrogen (secondary N) is 1. The van der Waals surface area contributed by atoms with Gasteiger partial charge in [-0.1, -0.05) is 15.9 Å². The van der Waals surface area contributed by atoms with E-state index in [0.717, 1.165) is 29.4 Å². The number of anilines is 1. The van der Waals surface area contributed by atoms with E-state index < -0.39 is 0 Å². The van der Waals surface area contributed by atoms with Crippen LogP contribution >= 0.6 is 75.1 Å². The van der Waals surface area contributed by atoms with E-state index in [2.05, 4.69) is 81.2 Å². The summed E-state index contributed by atoms with van der Waals surface area (Å²) in [6, 6.07) is 8.20. The lowest BCUT2D eigenvalue weighted by atomic mass is 10.3. The summed E-state index contributed by atoms with van der Waals surface area (Å²) >= 11 is 15.7. The van der Waals surface area contributed by atoms with Crippen molar-refractivity contribution in [2.75, 3.05) is 5.32 Å². The van der Waals surface area contributed by atoms with Crippen LogP contribution in [-0.4, -0.2) is 0 Å². The highest BCUT2D eigenvalue weighted by Gasteiger charge is 2.05. The molecular weight excluding hydrogens is 498 g/mol. The summed E-state index contributed by atoms with van der Waals surface area (Å²) in [5.41, 5.74) is 1.08. The molecule has 1 heterocycles. The van der Waals surface area contributed by atoms with E-state index in [9.17, 15) is 0 Å². The molecule has 0 aliphatic carbocycles. The van der Waals surface area contributed by atoms with E-state index in [-0.39, 0.29) is 0 Å². The monoisotopic (exact) mass is 501 g/mol. The molecule has 0 saturated carbocycles. The van der Waals surface area contributed by atoms with Gasteiger partial charge >= 0.3 is 0 Å². The Labute approximate surface area is 138 Å². The van der Waals surface area contributed by atoms with Crippen molar-refractivity contribution >= 4 is 80.7 Å². The van der Waals surface area contributed by atoms with Gasteiger partial charge in [0.15, 0.2) is 0 Å². The minimum Gasteiger partial charge on any atom is -0.379 e. The lowest BCUT2D eigenvalue weighted by molar-refractivity contribution is 1.19. The van der Waals surface area contributed by atoms with E-state index >= 15 is 0 Å². The van der Waals surface area contributed by atoms with E-state index in [1.54, 1.807) is 11.3 Å². The first-order valence-electron chi connectivity index (χ1n) is 4.69. The molecule has 6 heteroatoms.